The van der Waals surface area contributed by atoms with E-state index in [2.05, 4.69) is 65.8 Å². The van der Waals surface area contributed by atoms with Gasteiger partial charge in [-0.25, -0.2) is 19.2 Å². The highest BCUT2D eigenvalue weighted by Gasteiger charge is 2.34. The molecule has 0 bridgehead atoms. The molecule has 0 aliphatic carbocycles. The van der Waals surface area contributed by atoms with Gasteiger partial charge in [-0.15, -0.1) is 0 Å². The second kappa shape index (κ2) is 41.2. The maximum Gasteiger partial charge on any atom is 0.326 e. The van der Waals surface area contributed by atoms with Gasteiger partial charge in [-0.3, -0.25) is 43.2 Å². The Morgan fingerprint density at radius 3 is 1.23 bits per heavy atom. The van der Waals surface area contributed by atoms with Crippen LogP contribution in [-0.4, -0.2) is 205 Å². The quantitative estimate of drug-likeness (QED) is 0.0220. The van der Waals surface area contributed by atoms with Crippen LogP contribution in [0.25, 0.3) is 10.8 Å². The molecular formula is C59H82N10O21S. The number of thiol groups is 1. The molecule has 0 saturated heterocycles. The molecule has 3 aromatic rings. The highest BCUT2D eigenvalue weighted by molar-refractivity contribution is 7.81. The minimum absolute atomic E-state index is 0.0319. The first-order valence-electron chi connectivity index (χ1n) is 29.4. The first-order chi connectivity index (χ1) is 43.4. The van der Waals surface area contributed by atoms with Crippen LogP contribution >= 0.6 is 12.6 Å². The summed E-state index contributed by atoms with van der Waals surface area (Å²) < 4.78 is 0. The van der Waals surface area contributed by atoms with E-state index in [1.54, 1.807) is 24.3 Å². The Hall–Kier alpha value is -9.14. The highest BCUT2D eigenvalue weighted by Crippen LogP contribution is 2.18. The smallest absolute Gasteiger partial charge is 0.326 e. The average Bonchev–Trinajstić information content (AvgIpc) is 1.04. The molecule has 32 heteroatoms. The van der Waals surface area contributed by atoms with Crippen molar-refractivity contribution in [2.24, 2.45) is 0 Å². The zero-order chi connectivity index (χ0) is 67.4. The van der Waals surface area contributed by atoms with E-state index in [1.807, 2.05) is 18.2 Å². The van der Waals surface area contributed by atoms with E-state index in [9.17, 15) is 98.1 Å². The van der Waals surface area contributed by atoms with E-state index < -0.39 is 146 Å². The second-order valence-electron chi connectivity index (χ2n) is 21.2. The molecule has 0 fully saturated rings. The SMILES string of the molecule is O=C(O)CC[C@H](NC(=O)N[C@@H](CCCCNC(=O)CCCCCCC(=O)NCCCC[C@@H](NC(=O)[C@@H](Cc1ccc2ccccc2c1)NC(=O)[C@@H](Cc1ccc(O)cc1)NC(=O)[C@@H](CO)NC(=O)[C@@H](CO)NC(=O)[C@@H](CO)NC(=O)CS)C(=O)O)C(=O)O)C(=O)O. The Kier molecular flexibility index (Phi) is 34.5. The zero-order valence-corrected chi connectivity index (χ0v) is 50.8. The molecule has 18 N–H and O–H groups in total. The van der Waals surface area contributed by atoms with Crippen molar-refractivity contribution >= 4 is 101 Å². The third-order valence-corrected chi connectivity index (χ3v) is 14.3. The van der Waals surface area contributed by atoms with Gasteiger partial charge in [0, 0.05) is 45.2 Å². The van der Waals surface area contributed by atoms with Gasteiger partial charge in [-0.1, -0.05) is 67.4 Å². The van der Waals surface area contributed by atoms with Crippen molar-refractivity contribution in [1.29, 1.82) is 0 Å². The number of benzene rings is 3. The molecular weight excluding hydrogens is 1220 g/mol. The third-order valence-electron chi connectivity index (χ3n) is 14.0. The summed E-state index contributed by atoms with van der Waals surface area (Å²) in [6.07, 6.45) is 2.35. The number of aromatic hydroxyl groups is 1. The molecule has 8 atom stereocenters. The number of rotatable bonds is 44. The maximum absolute atomic E-state index is 14.4. The zero-order valence-electron chi connectivity index (χ0n) is 49.9. The van der Waals surface area contributed by atoms with Gasteiger partial charge < -0.3 is 94.0 Å². The number of urea groups is 1. The van der Waals surface area contributed by atoms with E-state index >= 15 is 0 Å². The van der Waals surface area contributed by atoms with Gasteiger partial charge in [0.2, 0.25) is 47.3 Å². The van der Waals surface area contributed by atoms with Crippen molar-refractivity contribution in [2.45, 2.75) is 151 Å². The standard InChI is InChI=1S/C59H82N10O21S/c70-30-44(62-49(76)33-91)53(81)66-46(32-72)55(83)67-45(31-71)54(82)65-42(28-34-18-21-38(73)22-19-34)52(80)64-43(29-35-17-20-36-11-5-6-12-37(36)27-35)51(79)63-39(56(84)85)13-7-9-25-60-47(74)15-3-1-2-4-16-48(75)61-26-10-8-14-40(57(86)87)68-59(90)69-41(58(88)89)23-24-50(77)78/h5-6,11-12,17-22,27,39-46,70-73,91H,1-4,7-10,13-16,23-26,28-33H2,(H,60,74)(H,61,75)(H,62,76)(H,63,79)(H,64,80)(H,65,82)(H,66,81)(H,67,83)(H,77,78)(H,84,85)(H,86,87)(H,88,89)(H2,68,69,90)/t39-,40+,41+,42-,43-,44-,45-,46-/m1/s1. The lowest BCUT2D eigenvalue weighted by Crippen LogP contribution is -2.61. The van der Waals surface area contributed by atoms with Crippen molar-refractivity contribution in [3.63, 3.8) is 0 Å². The molecule has 0 aliphatic rings. The topological polar surface area (TPSA) is 504 Å². The van der Waals surface area contributed by atoms with Crippen molar-refractivity contribution in [3.05, 3.63) is 77.9 Å². The highest BCUT2D eigenvalue weighted by atomic mass is 32.1. The number of carboxylic acids is 4. The van der Waals surface area contributed by atoms with Crippen LogP contribution in [0.1, 0.15) is 101 Å². The summed E-state index contributed by atoms with van der Waals surface area (Å²) in [5, 5.41) is 103. The van der Waals surface area contributed by atoms with Crippen LogP contribution in [0.2, 0.25) is 0 Å². The van der Waals surface area contributed by atoms with Gasteiger partial charge in [0.15, 0.2) is 0 Å². The van der Waals surface area contributed by atoms with Crippen LogP contribution in [0.3, 0.4) is 0 Å². The maximum atomic E-state index is 14.4. The monoisotopic (exact) mass is 1300 g/mol. The number of carbonyl (C=O) groups is 13. The fourth-order valence-corrected chi connectivity index (χ4v) is 9.06. The van der Waals surface area contributed by atoms with Gasteiger partial charge in [0.05, 0.1) is 25.6 Å². The van der Waals surface area contributed by atoms with Crippen molar-refractivity contribution < 1.29 is 103 Å². The molecule has 0 heterocycles. The lowest BCUT2D eigenvalue weighted by atomic mass is 9.99. The number of carbonyl (C=O) groups excluding carboxylic acids is 9. The molecule has 10 amide bonds. The number of phenols is 1. The van der Waals surface area contributed by atoms with Crippen LogP contribution < -0.4 is 53.2 Å². The third kappa shape index (κ3) is 29.4. The lowest BCUT2D eigenvalue weighted by molar-refractivity contribution is -0.143. The Balaban J connectivity index is 1.55. The van der Waals surface area contributed by atoms with Crippen LogP contribution in [0, 0.1) is 0 Å². The van der Waals surface area contributed by atoms with Crippen LogP contribution in [0.5, 0.6) is 5.75 Å². The van der Waals surface area contributed by atoms with Gasteiger partial charge in [0.25, 0.3) is 0 Å². The molecule has 3 rings (SSSR count). The Bertz CT molecular complexity index is 2960. The second-order valence-corrected chi connectivity index (χ2v) is 21.5. The molecule has 3 aromatic carbocycles. The number of amides is 10. The van der Waals surface area contributed by atoms with Crippen LogP contribution in [0.15, 0.2) is 66.7 Å². The fourth-order valence-electron chi connectivity index (χ4n) is 8.97. The molecule has 0 radical (unpaired) electrons. The van der Waals surface area contributed by atoms with Gasteiger partial charge in [-0.2, -0.15) is 12.6 Å². The number of hydrogen-bond acceptors (Lipinski definition) is 18. The van der Waals surface area contributed by atoms with Crippen molar-refractivity contribution in [2.75, 3.05) is 38.7 Å². The van der Waals surface area contributed by atoms with E-state index in [-0.39, 0.29) is 87.8 Å². The number of aliphatic carboxylic acids is 4. The van der Waals surface area contributed by atoms with Crippen LogP contribution in [-0.2, 0) is 70.4 Å². The largest absolute Gasteiger partial charge is 0.508 e. The average molecular weight is 1300 g/mol. The number of aliphatic hydroxyl groups excluding tert-OH is 3. The fraction of sp³-hybridized carbons (Fsp3) is 0.508. The van der Waals surface area contributed by atoms with E-state index in [0.717, 1.165) is 10.8 Å². The van der Waals surface area contributed by atoms with Crippen molar-refractivity contribution in [3.8, 4) is 5.75 Å². The normalized spacial score (nSPS) is 13.6. The summed E-state index contributed by atoms with van der Waals surface area (Å²) in [5.41, 5.74) is 0.921. The van der Waals surface area contributed by atoms with Gasteiger partial charge in [-0.05, 0) is 91.8 Å². The number of nitrogens with one attached hydrogen (secondary N) is 10. The summed E-state index contributed by atoms with van der Waals surface area (Å²) in [6.45, 7) is -2.62. The lowest BCUT2D eigenvalue weighted by Gasteiger charge is -2.27. The van der Waals surface area contributed by atoms with E-state index in [0.29, 0.717) is 49.7 Å². The molecule has 0 unspecified atom stereocenters. The Morgan fingerprint density at radius 1 is 0.385 bits per heavy atom. The molecule has 0 spiro atoms. The predicted molar refractivity (Wildman–Crippen MR) is 327 cm³/mol. The summed E-state index contributed by atoms with van der Waals surface area (Å²) in [7, 11) is 0. The molecule has 0 saturated carbocycles. The summed E-state index contributed by atoms with van der Waals surface area (Å²) in [6, 6.07) is 4.36. The Labute approximate surface area is 528 Å². The Morgan fingerprint density at radius 2 is 0.780 bits per heavy atom. The number of fused-ring (bicyclic) bond motifs is 1. The van der Waals surface area contributed by atoms with Crippen molar-refractivity contribution in [1.82, 2.24) is 53.2 Å². The summed E-state index contributed by atoms with van der Waals surface area (Å²) in [5.74, 6) is -12.6. The van der Waals surface area contributed by atoms with E-state index in [1.165, 1.54) is 24.3 Å². The van der Waals surface area contributed by atoms with Crippen LogP contribution in [0.4, 0.5) is 4.79 Å². The van der Waals surface area contributed by atoms with Gasteiger partial charge in [0.1, 0.15) is 54.1 Å². The summed E-state index contributed by atoms with van der Waals surface area (Å²) in [4.78, 5) is 164. The number of aliphatic hydroxyl groups is 3. The summed E-state index contributed by atoms with van der Waals surface area (Å²) >= 11 is 3.79. The minimum Gasteiger partial charge on any atom is -0.508 e. The molecule has 31 nitrogen and oxygen atoms in total. The molecule has 0 aliphatic heterocycles. The first-order valence-corrected chi connectivity index (χ1v) is 30.0. The predicted octanol–water partition coefficient (Wildman–Crippen LogP) is -1.79. The number of hydrogen-bond donors (Lipinski definition) is 19. The molecule has 500 valence electrons. The molecule has 0 aromatic heterocycles. The molecule has 91 heavy (non-hydrogen) atoms. The van der Waals surface area contributed by atoms with E-state index in [4.69, 9.17) is 5.11 Å². The number of carboxylic acid groups (broad SMARTS) is 4. The minimum atomic E-state index is -1.83. The first kappa shape index (κ1) is 76.1. The van der Waals surface area contributed by atoms with Gasteiger partial charge >= 0.3 is 29.9 Å². The number of unbranched alkanes of at least 4 members (excludes halogenated alkanes) is 5. The number of phenolic OH excluding ortho intramolecular Hbond substituents is 1.